The Kier molecular flexibility index (Phi) is 7.28. The normalized spacial score (nSPS) is 18.5. The number of aliphatic hydroxyl groups is 1. The van der Waals surface area contributed by atoms with E-state index in [1.54, 1.807) is 6.92 Å². The van der Waals surface area contributed by atoms with Crippen LogP contribution in [0.4, 0.5) is 0 Å². The van der Waals surface area contributed by atoms with Crippen LogP contribution in [0.1, 0.15) is 53.5 Å². The predicted octanol–water partition coefficient (Wildman–Crippen LogP) is 5.08. The average molecular weight is 466 g/mol. The third-order valence-electron chi connectivity index (χ3n) is 5.95. The fraction of sp³-hybridized carbons (Fsp3) is 0.833. The lowest BCUT2D eigenvalue weighted by Gasteiger charge is -2.38. The van der Waals surface area contributed by atoms with Crippen LogP contribution in [0, 0.1) is 0 Å². The fourth-order valence-electron chi connectivity index (χ4n) is 1.76. The number of rotatable bonds is 6. The molecule has 0 saturated heterocycles. The maximum Gasteiger partial charge on any atom is 0.195 e. The van der Waals surface area contributed by atoms with Gasteiger partial charge in [0.2, 0.25) is 0 Å². The molecule has 1 heterocycles. The molecule has 3 N–H and O–H groups in total. The highest BCUT2D eigenvalue weighted by Gasteiger charge is 2.41. The molecule has 1 rings (SSSR count). The number of nitrogens with zero attached hydrogens (tertiary/aromatic N) is 2. The molecule has 0 spiro atoms. The van der Waals surface area contributed by atoms with Crippen LogP contribution in [0.25, 0.3) is 0 Å². The SMILES string of the molecule is CC(C)(C)[Si](C)(C)N=S(N)(=O)c1cnc([C@](C)(O)CO[Si](C)(C)C(C)(C)C)s1. The number of aromatic nitrogens is 1. The van der Waals surface area contributed by atoms with Crippen LogP contribution in [0.2, 0.25) is 36.3 Å². The van der Waals surface area contributed by atoms with E-state index in [1.807, 2.05) is 0 Å². The highest BCUT2D eigenvalue weighted by Crippen LogP contribution is 2.40. The van der Waals surface area contributed by atoms with E-state index in [9.17, 15) is 9.32 Å². The molecule has 1 unspecified atom stereocenters. The molecular formula is C18H39N3O3S2Si2. The fourth-order valence-corrected chi connectivity index (χ4v) is 8.94. The Morgan fingerprint density at radius 3 is 2.07 bits per heavy atom. The van der Waals surface area contributed by atoms with Crippen molar-refractivity contribution in [2.45, 2.75) is 94.5 Å². The van der Waals surface area contributed by atoms with Crippen LogP contribution in [-0.4, -0.2) is 37.5 Å². The van der Waals surface area contributed by atoms with Crippen LogP contribution in [0.5, 0.6) is 0 Å². The maximum atomic E-state index is 13.1. The summed E-state index contributed by atoms with van der Waals surface area (Å²) in [7, 11) is -7.26. The van der Waals surface area contributed by atoms with E-state index in [2.05, 4.69) is 76.7 Å². The van der Waals surface area contributed by atoms with Gasteiger partial charge in [0.1, 0.15) is 24.7 Å². The molecule has 0 aromatic carbocycles. The van der Waals surface area contributed by atoms with Gasteiger partial charge >= 0.3 is 0 Å². The van der Waals surface area contributed by atoms with Gasteiger partial charge in [-0.3, -0.25) is 4.03 Å². The topological polar surface area (TPSA) is 97.8 Å². The first kappa shape index (κ1) is 25.9. The number of nitrogens with two attached hydrogens (primary N) is 1. The van der Waals surface area contributed by atoms with Crippen LogP contribution in [-0.2, 0) is 19.9 Å². The Morgan fingerprint density at radius 2 is 1.64 bits per heavy atom. The summed E-state index contributed by atoms with van der Waals surface area (Å²) in [6.45, 7) is 23.0. The molecule has 0 fully saturated rings. The molecule has 0 amide bonds. The molecule has 0 aliphatic carbocycles. The van der Waals surface area contributed by atoms with Gasteiger partial charge in [-0.05, 0) is 43.2 Å². The Bertz CT molecular complexity index is 813. The lowest BCUT2D eigenvalue weighted by atomic mass is 10.1. The average Bonchev–Trinajstić information content (AvgIpc) is 2.93. The van der Waals surface area contributed by atoms with Gasteiger partial charge in [0, 0.05) is 0 Å². The first-order valence-corrected chi connectivity index (χ1v) is 17.8. The summed E-state index contributed by atoms with van der Waals surface area (Å²) in [6.07, 6.45) is 1.49. The van der Waals surface area contributed by atoms with E-state index < -0.39 is 32.1 Å². The molecule has 0 radical (unpaired) electrons. The second kappa shape index (κ2) is 7.86. The van der Waals surface area contributed by atoms with Crippen molar-refractivity contribution in [2.75, 3.05) is 6.61 Å². The molecule has 1 aromatic rings. The van der Waals surface area contributed by atoms with Crippen molar-refractivity contribution in [3.8, 4) is 0 Å². The molecule has 6 nitrogen and oxygen atoms in total. The molecule has 10 heteroatoms. The highest BCUT2D eigenvalue weighted by molar-refractivity contribution is 7.94. The van der Waals surface area contributed by atoms with E-state index in [1.165, 1.54) is 6.20 Å². The van der Waals surface area contributed by atoms with Crippen molar-refractivity contribution < 1.29 is 13.7 Å². The number of hydrogen-bond donors (Lipinski definition) is 2. The van der Waals surface area contributed by atoms with Crippen molar-refractivity contribution in [3.63, 3.8) is 0 Å². The lowest BCUT2D eigenvalue weighted by molar-refractivity contribution is 0.00244. The van der Waals surface area contributed by atoms with Gasteiger partial charge in [-0.15, -0.1) is 11.3 Å². The Labute approximate surface area is 177 Å². The minimum atomic E-state index is -3.06. The van der Waals surface area contributed by atoms with Crippen LogP contribution >= 0.6 is 11.3 Å². The molecule has 0 aliphatic heterocycles. The summed E-state index contributed by atoms with van der Waals surface area (Å²) in [5.41, 5.74) is -1.27. The monoisotopic (exact) mass is 465 g/mol. The molecule has 2 atom stereocenters. The zero-order valence-electron chi connectivity index (χ0n) is 19.3. The molecule has 164 valence electrons. The second-order valence-electron chi connectivity index (χ2n) is 10.8. The standard InChI is InChI=1S/C18H39N3O3S2Si2/c1-16(2,3)27(8,9)21-26(19,23)14-12-20-15(25-14)18(7,22)13-24-28(10,11)17(4,5)6/h12,22H,13H2,1-11H3,(H2,19,21,23)/t18-,26?/m1/s1. The third-order valence-corrected chi connectivity index (χ3v) is 19.7. The summed E-state index contributed by atoms with van der Waals surface area (Å²) in [5.74, 6) is 0. The van der Waals surface area contributed by atoms with E-state index in [-0.39, 0.29) is 16.7 Å². The summed E-state index contributed by atoms with van der Waals surface area (Å²) in [6, 6.07) is 0. The predicted molar refractivity (Wildman–Crippen MR) is 125 cm³/mol. The van der Waals surface area contributed by atoms with Gasteiger partial charge in [-0.1, -0.05) is 41.5 Å². The van der Waals surface area contributed by atoms with Gasteiger partial charge < -0.3 is 9.53 Å². The molecule has 0 bridgehead atoms. The number of thiazole rings is 1. The molecule has 0 aliphatic rings. The third kappa shape index (κ3) is 5.96. The Hall–Kier alpha value is -0.106. The van der Waals surface area contributed by atoms with Gasteiger partial charge in [0.25, 0.3) is 0 Å². The Morgan fingerprint density at radius 1 is 1.14 bits per heavy atom. The minimum absolute atomic E-state index is 0.0464. The molecule has 1 aromatic heterocycles. The largest absolute Gasteiger partial charge is 0.413 e. The minimum Gasteiger partial charge on any atom is -0.413 e. The van der Waals surface area contributed by atoms with Crippen LogP contribution in [0.15, 0.2) is 14.4 Å². The van der Waals surface area contributed by atoms with Gasteiger partial charge in [-0.2, -0.15) is 0 Å². The van der Waals surface area contributed by atoms with Crippen LogP contribution in [0.3, 0.4) is 0 Å². The van der Waals surface area contributed by atoms with Crippen molar-refractivity contribution in [1.29, 1.82) is 0 Å². The second-order valence-corrected chi connectivity index (χ2v) is 23.8. The maximum absolute atomic E-state index is 13.1. The van der Waals surface area contributed by atoms with Gasteiger partial charge in [0.05, 0.1) is 12.8 Å². The van der Waals surface area contributed by atoms with Crippen molar-refractivity contribution in [3.05, 3.63) is 11.2 Å². The van der Waals surface area contributed by atoms with Crippen LogP contribution < -0.4 is 5.14 Å². The van der Waals surface area contributed by atoms with Gasteiger partial charge in [-0.25, -0.2) is 14.3 Å². The van der Waals surface area contributed by atoms with Gasteiger partial charge in [0.15, 0.2) is 16.6 Å². The zero-order chi connectivity index (χ0) is 22.4. The first-order chi connectivity index (χ1) is 12.1. The van der Waals surface area contributed by atoms with E-state index in [0.717, 1.165) is 11.3 Å². The van der Waals surface area contributed by atoms with E-state index in [0.29, 0.717) is 9.22 Å². The quantitative estimate of drug-likeness (QED) is 0.572. The van der Waals surface area contributed by atoms with Crippen molar-refractivity contribution >= 4 is 37.8 Å². The number of hydrogen-bond acceptors (Lipinski definition) is 6. The zero-order valence-corrected chi connectivity index (χ0v) is 23.0. The van der Waals surface area contributed by atoms with Crippen molar-refractivity contribution in [2.24, 2.45) is 9.17 Å². The summed E-state index contributed by atoms with van der Waals surface area (Å²) in [4.78, 5) is 4.31. The smallest absolute Gasteiger partial charge is 0.195 e. The van der Waals surface area contributed by atoms with E-state index in [4.69, 9.17) is 9.56 Å². The Balaban J connectivity index is 3.16. The molecule has 28 heavy (non-hydrogen) atoms. The summed E-state index contributed by atoms with van der Waals surface area (Å²) < 4.78 is 24.3. The van der Waals surface area contributed by atoms with Crippen molar-refractivity contribution in [1.82, 2.24) is 4.98 Å². The summed E-state index contributed by atoms with van der Waals surface area (Å²) >= 11 is 1.16. The first-order valence-electron chi connectivity index (χ1n) is 9.51. The summed E-state index contributed by atoms with van der Waals surface area (Å²) in [5, 5.41) is 17.5. The molecular weight excluding hydrogens is 427 g/mol. The lowest BCUT2D eigenvalue weighted by Crippen LogP contribution is -2.44. The highest BCUT2D eigenvalue weighted by atomic mass is 32.2. The van der Waals surface area contributed by atoms with E-state index >= 15 is 0 Å². The molecule has 0 saturated carbocycles.